The van der Waals surface area contributed by atoms with Crippen LogP contribution in [0.15, 0.2) is 47.7 Å². The van der Waals surface area contributed by atoms with Crippen LogP contribution in [-0.4, -0.2) is 32.5 Å². The van der Waals surface area contributed by atoms with Gasteiger partial charge in [-0.05, 0) is 48.9 Å². The van der Waals surface area contributed by atoms with Crippen LogP contribution in [0.4, 0.5) is 0 Å². The molecule has 0 fully saturated rings. The molecule has 0 bridgehead atoms. The minimum atomic E-state index is -0.254. The van der Waals surface area contributed by atoms with Gasteiger partial charge in [0, 0.05) is 36.1 Å². The highest BCUT2D eigenvalue weighted by Gasteiger charge is 2.14. The average molecular weight is 429 g/mol. The molecule has 0 spiro atoms. The Hall–Kier alpha value is -2.97. The summed E-state index contributed by atoms with van der Waals surface area (Å²) in [6, 6.07) is 7.43. The number of hydrogen-bond donors (Lipinski definition) is 2. The lowest BCUT2D eigenvalue weighted by Gasteiger charge is -2.12. The molecule has 0 radical (unpaired) electrons. The van der Waals surface area contributed by atoms with Gasteiger partial charge in [0.2, 0.25) is 5.91 Å². The second-order valence-corrected chi connectivity index (χ2v) is 7.44. The Balaban J connectivity index is 1.67. The van der Waals surface area contributed by atoms with Gasteiger partial charge in [0.05, 0.1) is 25.7 Å². The van der Waals surface area contributed by atoms with Gasteiger partial charge in [0.25, 0.3) is 5.56 Å². The van der Waals surface area contributed by atoms with Gasteiger partial charge in [-0.2, -0.15) is 10.2 Å². The first-order valence-corrected chi connectivity index (χ1v) is 10.1. The minimum absolute atomic E-state index is 0.00309. The van der Waals surface area contributed by atoms with Crippen LogP contribution < -0.4 is 16.2 Å². The summed E-state index contributed by atoms with van der Waals surface area (Å²) in [4.78, 5) is 25.4. The molecular formula is C21H25ClN6O2. The quantitative estimate of drug-likeness (QED) is 0.540. The van der Waals surface area contributed by atoms with Crippen LogP contribution in [-0.2, 0) is 37.4 Å². The van der Waals surface area contributed by atoms with Gasteiger partial charge >= 0.3 is 0 Å². The van der Waals surface area contributed by atoms with E-state index in [-0.39, 0.29) is 17.9 Å². The van der Waals surface area contributed by atoms with Gasteiger partial charge in [0.1, 0.15) is 0 Å². The van der Waals surface area contributed by atoms with Crippen molar-refractivity contribution in [2.24, 2.45) is 0 Å². The SMILES string of the molecule is CNCc1ccc(Cl)cc1CNC(=O)Cc1c(C)cnn(CCn2cccn2)c1=O. The monoisotopic (exact) mass is 428 g/mol. The smallest absolute Gasteiger partial charge is 0.270 e. The van der Waals surface area contributed by atoms with E-state index >= 15 is 0 Å². The van der Waals surface area contributed by atoms with Crippen molar-refractivity contribution in [2.75, 3.05) is 7.05 Å². The van der Waals surface area contributed by atoms with E-state index in [4.69, 9.17) is 11.6 Å². The van der Waals surface area contributed by atoms with Crippen molar-refractivity contribution in [1.82, 2.24) is 30.2 Å². The Bertz CT molecular complexity index is 1060. The summed E-state index contributed by atoms with van der Waals surface area (Å²) >= 11 is 6.10. The van der Waals surface area contributed by atoms with Crippen molar-refractivity contribution in [3.63, 3.8) is 0 Å². The van der Waals surface area contributed by atoms with Crippen molar-refractivity contribution in [2.45, 2.75) is 39.5 Å². The normalized spacial score (nSPS) is 10.9. The van der Waals surface area contributed by atoms with E-state index in [2.05, 4.69) is 20.8 Å². The maximum atomic E-state index is 12.8. The molecular weight excluding hydrogens is 404 g/mol. The highest BCUT2D eigenvalue weighted by molar-refractivity contribution is 6.30. The number of carbonyl (C=O) groups excluding carboxylic acids is 1. The number of aromatic nitrogens is 4. The van der Waals surface area contributed by atoms with Crippen LogP contribution in [0.5, 0.6) is 0 Å². The lowest BCUT2D eigenvalue weighted by atomic mass is 10.1. The Morgan fingerprint density at radius 1 is 1.17 bits per heavy atom. The molecule has 8 nitrogen and oxygen atoms in total. The zero-order valence-electron chi connectivity index (χ0n) is 17.1. The molecule has 0 aliphatic carbocycles. The second kappa shape index (κ2) is 10.2. The molecule has 9 heteroatoms. The highest BCUT2D eigenvalue weighted by atomic mass is 35.5. The summed E-state index contributed by atoms with van der Waals surface area (Å²) in [6.45, 7) is 3.71. The first kappa shape index (κ1) is 21.7. The molecule has 2 N–H and O–H groups in total. The number of nitrogens with zero attached hydrogens (tertiary/aromatic N) is 4. The number of halogens is 1. The van der Waals surface area contributed by atoms with Gasteiger partial charge in [0.15, 0.2) is 0 Å². The van der Waals surface area contributed by atoms with Crippen LogP contribution in [0.3, 0.4) is 0 Å². The topological polar surface area (TPSA) is 93.8 Å². The van der Waals surface area contributed by atoms with E-state index in [1.54, 1.807) is 24.0 Å². The molecule has 3 aromatic rings. The lowest BCUT2D eigenvalue weighted by molar-refractivity contribution is -0.120. The molecule has 0 atom stereocenters. The Morgan fingerprint density at radius 2 is 2.00 bits per heavy atom. The minimum Gasteiger partial charge on any atom is -0.352 e. The molecule has 0 unspecified atom stereocenters. The van der Waals surface area contributed by atoms with Gasteiger partial charge in [-0.3, -0.25) is 14.3 Å². The zero-order chi connectivity index (χ0) is 21.5. The van der Waals surface area contributed by atoms with Crippen molar-refractivity contribution in [3.05, 3.63) is 80.5 Å². The number of aryl methyl sites for hydroxylation is 3. The van der Waals surface area contributed by atoms with Gasteiger partial charge in [-0.15, -0.1) is 0 Å². The average Bonchev–Trinajstić information content (AvgIpc) is 3.24. The standard InChI is InChI=1S/C21H25ClN6O2/c1-15-12-26-28(9-8-27-7-3-6-25-27)21(30)19(15)11-20(29)24-14-17-10-18(22)5-4-16(17)13-23-2/h3-7,10,12,23H,8-9,11,13-14H2,1-2H3,(H,24,29). The summed E-state index contributed by atoms with van der Waals surface area (Å²) in [7, 11) is 1.86. The molecule has 0 aliphatic heterocycles. The van der Waals surface area contributed by atoms with Crippen molar-refractivity contribution in [1.29, 1.82) is 0 Å². The molecule has 1 aromatic carbocycles. The number of rotatable bonds is 9. The van der Waals surface area contributed by atoms with Crippen LogP contribution in [0.25, 0.3) is 0 Å². The fourth-order valence-corrected chi connectivity index (χ4v) is 3.35. The fourth-order valence-electron chi connectivity index (χ4n) is 3.15. The maximum absolute atomic E-state index is 12.8. The van der Waals surface area contributed by atoms with Gasteiger partial charge in [-0.25, -0.2) is 4.68 Å². The molecule has 0 aliphatic rings. The lowest BCUT2D eigenvalue weighted by Crippen LogP contribution is -2.33. The molecule has 158 valence electrons. The van der Waals surface area contributed by atoms with Crippen molar-refractivity contribution < 1.29 is 4.79 Å². The zero-order valence-corrected chi connectivity index (χ0v) is 17.8. The summed E-state index contributed by atoms with van der Waals surface area (Å²) in [5.74, 6) is -0.226. The van der Waals surface area contributed by atoms with Crippen molar-refractivity contribution in [3.8, 4) is 0 Å². The van der Waals surface area contributed by atoms with E-state index in [1.165, 1.54) is 4.68 Å². The summed E-state index contributed by atoms with van der Waals surface area (Å²) < 4.78 is 3.10. The number of benzene rings is 1. The first-order valence-electron chi connectivity index (χ1n) is 9.69. The predicted molar refractivity (Wildman–Crippen MR) is 115 cm³/mol. The van der Waals surface area contributed by atoms with Crippen molar-refractivity contribution >= 4 is 17.5 Å². The molecule has 2 aromatic heterocycles. The van der Waals surface area contributed by atoms with Gasteiger partial charge < -0.3 is 10.6 Å². The molecule has 1 amide bonds. The second-order valence-electron chi connectivity index (χ2n) is 7.00. The largest absolute Gasteiger partial charge is 0.352 e. The number of hydrogen-bond acceptors (Lipinski definition) is 5. The van der Waals surface area contributed by atoms with E-state index in [9.17, 15) is 9.59 Å². The number of nitrogens with one attached hydrogen (secondary N) is 2. The van der Waals surface area contributed by atoms with E-state index < -0.39 is 0 Å². The van der Waals surface area contributed by atoms with Crippen LogP contribution in [0, 0.1) is 6.92 Å². The van der Waals surface area contributed by atoms with E-state index in [1.807, 2.05) is 37.5 Å². The first-order chi connectivity index (χ1) is 14.5. The number of carbonyl (C=O) groups is 1. The summed E-state index contributed by atoms with van der Waals surface area (Å²) in [6.07, 6.45) is 5.13. The summed E-state index contributed by atoms with van der Waals surface area (Å²) in [5.41, 5.74) is 2.89. The molecule has 3 rings (SSSR count). The predicted octanol–water partition coefficient (Wildman–Crippen LogP) is 1.68. The Kier molecular flexibility index (Phi) is 7.37. The summed E-state index contributed by atoms with van der Waals surface area (Å²) in [5, 5.41) is 14.9. The van der Waals surface area contributed by atoms with E-state index in [0.717, 1.165) is 11.1 Å². The molecule has 0 saturated carbocycles. The maximum Gasteiger partial charge on any atom is 0.270 e. The highest BCUT2D eigenvalue weighted by Crippen LogP contribution is 2.16. The van der Waals surface area contributed by atoms with E-state index in [0.29, 0.717) is 42.3 Å². The Labute approximate surface area is 179 Å². The van der Waals surface area contributed by atoms with Crippen LogP contribution in [0.2, 0.25) is 5.02 Å². The Morgan fingerprint density at radius 3 is 2.73 bits per heavy atom. The fraction of sp³-hybridized carbons (Fsp3) is 0.333. The molecule has 0 saturated heterocycles. The third-order valence-electron chi connectivity index (χ3n) is 4.81. The third-order valence-corrected chi connectivity index (χ3v) is 5.04. The molecule has 2 heterocycles. The van der Waals surface area contributed by atoms with Crippen LogP contribution >= 0.6 is 11.6 Å². The van der Waals surface area contributed by atoms with Crippen LogP contribution in [0.1, 0.15) is 22.3 Å². The number of amides is 1. The third kappa shape index (κ3) is 5.55. The van der Waals surface area contributed by atoms with Gasteiger partial charge in [-0.1, -0.05) is 17.7 Å². The molecule has 30 heavy (non-hydrogen) atoms.